The highest BCUT2D eigenvalue weighted by atomic mass is 32.2. The van der Waals surface area contributed by atoms with E-state index < -0.39 is 16.2 Å². The minimum atomic E-state index is -3.68. The largest absolute Gasteiger partial charge is 0.478 e. The van der Waals surface area contributed by atoms with Crippen LogP contribution in [-0.2, 0) is 10.2 Å². The summed E-state index contributed by atoms with van der Waals surface area (Å²) in [6.07, 6.45) is 4.73. The summed E-state index contributed by atoms with van der Waals surface area (Å²) < 4.78 is 27.5. The number of benzene rings is 1. The van der Waals surface area contributed by atoms with E-state index in [2.05, 4.69) is 14.5 Å². The van der Waals surface area contributed by atoms with E-state index in [0.717, 1.165) is 49.9 Å². The number of hydrogen-bond acceptors (Lipinski definition) is 5. The fourth-order valence-corrected chi connectivity index (χ4v) is 4.66. The van der Waals surface area contributed by atoms with Gasteiger partial charge < -0.3 is 14.9 Å². The third kappa shape index (κ3) is 4.95. The molecule has 3 rings (SSSR count). The van der Waals surface area contributed by atoms with Gasteiger partial charge in [0.05, 0.1) is 16.9 Å². The highest BCUT2D eigenvalue weighted by Gasteiger charge is 2.26. The van der Waals surface area contributed by atoms with Crippen LogP contribution in [0.5, 0.6) is 0 Å². The van der Waals surface area contributed by atoms with Crippen molar-refractivity contribution in [2.45, 2.75) is 25.7 Å². The maximum atomic E-state index is 12.0. The lowest BCUT2D eigenvalue weighted by Gasteiger charge is -2.36. The van der Waals surface area contributed by atoms with Crippen LogP contribution in [-0.4, -0.2) is 75.5 Å². The average molecular weight is 411 g/mol. The number of rotatable bonds is 7. The predicted octanol–water partition coefficient (Wildman–Crippen LogP) is 1.92. The first-order valence-corrected chi connectivity index (χ1v) is 11.2. The minimum Gasteiger partial charge on any atom is -0.478 e. The van der Waals surface area contributed by atoms with Gasteiger partial charge in [0, 0.05) is 33.7 Å². The van der Waals surface area contributed by atoms with Crippen molar-refractivity contribution in [3.8, 4) is 0 Å². The molecule has 1 aromatic rings. The molecule has 1 atom stereocenters. The molecule has 2 aliphatic rings. The molecule has 0 bridgehead atoms. The molecule has 0 amide bonds. The molecule has 2 N–H and O–H groups in total. The Morgan fingerprint density at radius 2 is 1.93 bits per heavy atom. The Labute approximate surface area is 167 Å². The molecule has 0 radical (unpaired) electrons. The van der Waals surface area contributed by atoms with E-state index >= 15 is 0 Å². The maximum absolute atomic E-state index is 12.0. The third-order valence-corrected chi connectivity index (χ3v) is 6.98. The fraction of sp³-hybridized carbons (Fsp3) is 0.632. The molecule has 9 heteroatoms. The van der Waals surface area contributed by atoms with Gasteiger partial charge in [-0.05, 0) is 62.9 Å². The molecule has 2 aliphatic heterocycles. The summed E-state index contributed by atoms with van der Waals surface area (Å²) in [4.78, 5) is 16.5. The van der Waals surface area contributed by atoms with Crippen molar-refractivity contribution in [3.63, 3.8) is 0 Å². The van der Waals surface area contributed by atoms with Gasteiger partial charge in [0.25, 0.3) is 0 Å². The van der Waals surface area contributed by atoms with Crippen molar-refractivity contribution in [2.24, 2.45) is 5.92 Å². The molecule has 8 nitrogen and oxygen atoms in total. The van der Waals surface area contributed by atoms with Gasteiger partial charge in [-0.1, -0.05) is 0 Å². The molecule has 1 aromatic carbocycles. The van der Waals surface area contributed by atoms with Gasteiger partial charge in [-0.2, -0.15) is 12.7 Å². The second kappa shape index (κ2) is 8.67. The van der Waals surface area contributed by atoms with Crippen molar-refractivity contribution < 1.29 is 18.3 Å². The summed E-state index contributed by atoms with van der Waals surface area (Å²) in [5.74, 6) is -0.525. The van der Waals surface area contributed by atoms with Crippen LogP contribution < -0.4 is 9.62 Å². The van der Waals surface area contributed by atoms with Gasteiger partial charge in [0.2, 0.25) is 0 Å². The molecule has 2 saturated heterocycles. The Kier molecular flexibility index (Phi) is 6.47. The average Bonchev–Trinajstić information content (AvgIpc) is 3.14. The van der Waals surface area contributed by atoms with Crippen LogP contribution in [0, 0.1) is 5.92 Å². The van der Waals surface area contributed by atoms with E-state index in [1.807, 2.05) is 0 Å². The molecule has 156 valence electrons. The Morgan fingerprint density at radius 1 is 1.21 bits per heavy atom. The van der Waals surface area contributed by atoms with Crippen LogP contribution >= 0.6 is 0 Å². The Hall–Kier alpha value is -1.84. The number of hydrogen-bond donors (Lipinski definition) is 2. The lowest BCUT2D eigenvalue weighted by Crippen LogP contribution is -2.41. The summed E-state index contributed by atoms with van der Waals surface area (Å²) in [7, 11) is -0.843. The zero-order valence-corrected chi connectivity index (χ0v) is 17.4. The van der Waals surface area contributed by atoms with Crippen LogP contribution in [0.15, 0.2) is 18.2 Å². The number of nitrogens with zero attached hydrogens (tertiary/aromatic N) is 3. The molecular formula is C19H30N4O4S. The Bertz CT molecular complexity index is 806. The van der Waals surface area contributed by atoms with Crippen LogP contribution in [0.1, 0.15) is 36.0 Å². The number of likely N-dealkylation sites (tertiary alicyclic amines) is 1. The standard InChI is InChI=1S/C19H30N4O4S/c1-21(2)28(26,27)20-16-7-8-18(17(12-16)19(24)25)23-11-5-6-15(14-23)13-22-9-3-4-10-22/h7-8,12,15,20H,3-6,9-11,13-14H2,1-2H3,(H,24,25). The number of nitrogens with one attached hydrogen (secondary N) is 1. The lowest BCUT2D eigenvalue weighted by atomic mass is 9.96. The van der Waals surface area contributed by atoms with Gasteiger partial charge in [0.1, 0.15) is 0 Å². The van der Waals surface area contributed by atoms with Crippen molar-refractivity contribution in [1.82, 2.24) is 9.21 Å². The molecular weight excluding hydrogens is 380 g/mol. The van der Waals surface area contributed by atoms with Crippen molar-refractivity contribution >= 4 is 27.6 Å². The summed E-state index contributed by atoms with van der Waals surface area (Å²) in [6, 6.07) is 4.75. The van der Waals surface area contributed by atoms with E-state index in [1.165, 1.54) is 33.0 Å². The number of carboxylic acids is 1. The number of carboxylic acid groups (broad SMARTS) is 1. The van der Waals surface area contributed by atoms with Crippen molar-refractivity contribution in [3.05, 3.63) is 23.8 Å². The lowest BCUT2D eigenvalue weighted by molar-refractivity contribution is 0.0697. The number of anilines is 2. The first kappa shape index (κ1) is 20.9. The van der Waals surface area contributed by atoms with Crippen molar-refractivity contribution in [2.75, 3.05) is 56.4 Å². The van der Waals surface area contributed by atoms with E-state index in [9.17, 15) is 18.3 Å². The van der Waals surface area contributed by atoms with Crippen LogP contribution in [0.2, 0.25) is 0 Å². The van der Waals surface area contributed by atoms with Gasteiger partial charge >= 0.3 is 16.2 Å². The zero-order chi connectivity index (χ0) is 20.3. The van der Waals surface area contributed by atoms with Crippen LogP contribution in [0.25, 0.3) is 0 Å². The molecule has 2 fully saturated rings. The van der Waals surface area contributed by atoms with Gasteiger partial charge in [0.15, 0.2) is 0 Å². The van der Waals surface area contributed by atoms with E-state index in [0.29, 0.717) is 11.6 Å². The zero-order valence-electron chi connectivity index (χ0n) is 16.6. The highest BCUT2D eigenvalue weighted by molar-refractivity contribution is 7.90. The minimum absolute atomic E-state index is 0.126. The predicted molar refractivity (Wildman–Crippen MR) is 110 cm³/mol. The number of carbonyl (C=O) groups is 1. The maximum Gasteiger partial charge on any atom is 0.337 e. The molecule has 28 heavy (non-hydrogen) atoms. The second-order valence-electron chi connectivity index (χ2n) is 7.89. The van der Waals surface area contributed by atoms with E-state index in [1.54, 1.807) is 12.1 Å². The van der Waals surface area contributed by atoms with Crippen LogP contribution in [0.3, 0.4) is 0 Å². The Balaban J connectivity index is 1.77. The summed E-state index contributed by atoms with van der Waals surface area (Å²) in [5, 5.41) is 9.70. The first-order chi connectivity index (χ1) is 13.3. The Morgan fingerprint density at radius 3 is 2.57 bits per heavy atom. The summed E-state index contributed by atoms with van der Waals surface area (Å²) >= 11 is 0. The molecule has 0 spiro atoms. The van der Waals surface area contributed by atoms with E-state index in [-0.39, 0.29) is 11.3 Å². The number of piperidine rings is 1. The smallest absolute Gasteiger partial charge is 0.337 e. The van der Waals surface area contributed by atoms with Gasteiger partial charge in [-0.15, -0.1) is 0 Å². The highest BCUT2D eigenvalue weighted by Crippen LogP contribution is 2.30. The molecule has 0 saturated carbocycles. The SMILES string of the molecule is CN(C)S(=O)(=O)Nc1ccc(N2CCCC(CN3CCCC3)C2)c(C(=O)O)c1. The summed E-state index contributed by atoms with van der Waals surface area (Å²) in [6.45, 7) is 5.05. The third-order valence-electron chi connectivity index (χ3n) is 5.53. The second-order valence-corrected chi connectivity index (χ2v) is 9.77. The molecule has 0 aromatic heterocycles. The van der Waals surface area contributed by atoms with Gasteiger partial charge in [-0.25, -0.2) is 4.79 Å². The quantitative estimate of drug-likeness (QED) is 0.713. The monoisotopic (exact) mass is 410 g/mol. The molecule has 2 heterocycles. The molecule has 1 unspecified atom stereocenters. The normalized spacial score (nSPS) is 21.2. The first-order valence-electron chi connectivity index (χ1n) is 9.81. The topological polar surface area (TPSA) is 93.2 Å². The van der Waals surface area contributed by atoms with Crippen LogP contribution in [0.4, 0.5) is 11.4 Å². The summed E-state index contributed by atoms with van der Waals surface area (Å²) in [5.41, 5.74) is 1.03. The van der Waals surface area contributed by atoms with E-state index in [4.69, 9.17) is 0 Å². The number of aromatic carboxylic acids is 1. The van der Waals surface area contributed by atoms with Crippen molar-refractivity contribution in [1.29, 1.82) is 0 Å². The molecule has 0 aliphatic carbocycles. The fourth-order valence-electron chi connectivity index (χ4n) is 4.05. The van der Waals surface area contributed by atoms with Gasteiger partial charge in [-0.3, -0.25) is 4.72 Å².